The maximum absolute atomic E-state index is 13.8. The molecule has 1 saturated carbocycles. The summed E-state index contributed by atoms with van der Waals surface area (Å²) < 4.78 is 31.7. The van der Waals surface area contributed by atoms with Crippen molar-refractivity contribution in [3.63, 3.8) is 0 Å². The average Bonchev–Trinajstić information content (AvgIpc) is 3.65. The third kappa shape index (κ3) is 4.72. The minimum absolute atomic E-state index is 0.147. The van der Waals surface area contributed by atoms with Crippen molar-refractivity contribution in [1.82, 2.24) is 10.5 Å². The number of carboxylic acid groups (broad SMARTS) is 1. The van der Waals surface area contributed by atoms with Crippen molar-refractivity contribution >= 4 is 29.2 Å². The lowest BCUT2D eigenvalue weighted by Crippen LogP contribution is -2.33. The molecule has 190 valence electrons. The zero-order chi connectivity index (χ0) is 25.7. The largest absolute Gasteiger partial charge is 0.478 e. The van der Waals surface area contributed by atoms with E-state index in [0.29, 0.717) is 35.6 Å². The molecule has 10 heteroatoms. The van der Waals surface area contributed by atoms with Crippen LogP contribution in [0.3, 0.4) is 0 Å². The fourth-order valence-corrected chi connectivity index (χ4v) is 5.23. The fourth-order valence-electron chi connectivity index (χ4n) is 4.59. The second-order valence-electron chi connectivity index (χ2n) is 9.20. The molecule has 1 fully saturated rings. The molecule has 37 heavy (non-hydrogen) atoms. The Hall–Kier alpha value is -3.33. The highest BCUT2D eigenvalue weighted by Gasteiger charge is 2.34. The van der Waals surface area contributed by atoms with Crippen molar-refractivity contribution in [2.45, 2.75) is 44.4 Å². The first-order valence-corrected chi connectivity index (χ1v) is 12.6. The number of hydrogen-bond acceptors (Lipinski definition) is 6. The lowest BCUT2D eigenvalue weighted by molar-refractivity contribution is 0.0528. The van der Waals surface area contributed by atoms with Gasteiger partial charge in [0.2, 0.25) is 0 Å². The molecule has 1 aliphatic carbocycles. The molecule has 1 atom stereocenters. The molecule has 0 bridgehead atoms. The van der Waals surface area contributed by atoms with Crippen molar-refractivity contribution in [3.05, 3.63) is 92.3 Å². The van der Waals surface area contributed by atoms with Crippen LogP contribution in [-0.4, -0.2) is 22.5 Å². The minimum Gasteiger partial charge on any atom is -0.478 e. The summed E-state index contributed by atoms with van der Waals surface area (Å²) in [4.78, 5) is 11.4. The second-order valence-corrected chi connectivity index (χ2v) is 10.0. The van der Waals surface area contributed by atoms with Gasteiger partial charge in [-0.05, 0) is 67.7 Å². The molecule has 2 N–H and O–H groups in total. The van der Waals surface area contributed by atoms with Gasteiger partial charge in [0.05, 0.1) is 27.9 Å². The SMILES string of the molecule is O=C(O)c1ccc2c(c1)OC1=C(CC2)NC(OCc2c(-c3c(Cl)cc(F)cc3Cl)noc2C2CC2)C=C1. The number of aryl methyl sites for hydroxylation is 1. The monoisotopic (exact) mass is 542 g/mol. The van der Waals surface area contributed by atoms with Crippen molar-refractivity contribution in [2.75, 3.05) is 0 Å². The normalized spacial score (nSPS) is 18.5. The molecular formula is C27H21Cl2FN2O5. The number of hydrogen-bond donors (Lipinski definition) is 2. The number of aromatic nitrogens is 1. The Balaban J connectivity index is 1.21. The van der Waals surface area contributed by atoms with Gasteiger partial charge in [-0.15, -0.1) is 0 Å². The van der Waals surface area contributed by atoms with E-state index >= 15 is 0 Å². The molecule has 2 aliphatic heterocycles. The predicted octanol–water partition coefficient (Wildman–Crippen LogP) is 6.60. The lowest BCUT2D eigenvalue weighted by atomic mass is 10.0. The van der Waals surface area contributed by atoms with E-state index in [0.717, 1.165) is 35.4 Å². The van der Waals surface area contributed by atoms with E-state index in [1.165, 1.54) is 12.1 Å². The Labute approximate surface area is 221 Å². The summed E-state index contributed by atoms with van der Waals surface area (Å²) in [5, 5.41) is 17.2. The number of aromatic carboxylic acids is 1. The van der Waals surface area contributed by atoms with Crippen LogP contribution in [0.25, 0.3) is 11.3 Å². The molecule has 1 unspecified atom stereocenters. The third-order valence-corrected chi connectivity index (χ3v) is 7.23. The molecule has 0 amide bonds. The van der Waals surface area contributed by atoms with E-state index in [-0.39, 0.29) is 28.1 Å². The van der Waals surface area contributed by atoms with E-state index in [9.17, 15) is 14.3 Å². The number of carboxylic acids is 1. The number of carbonyl (C=O) groups is 1. The van der Waals surface area contributed by atoms with Gasteiger partial charge in [0, 0.05) is 17.0 Å². The Bertz CT molecular complexity index is 1450. The Morgan fingerprint density at radius 2 is 1.97 bits per heavy atom. The summed E-state index contributed by atoms with van der Waals surface area (Å²) in [6, 6.07) is 7.30. The molecular weight excluding hydrogens is 522 g/mol. The molecule has 0 saturated heterocycles. The summed E-state index contributed by atoms with van der Waals surface area (Å²) in [7, 11) is 0. The highest BCUT2D eigenvalue weighted by molar-refractivity contribution is 6.39. The Morgan fingerprint density at radius 1 is 1.19 bits per heavy atom. The van der Waals surface area contributed by atoms with Gasteiger partial charge in [-0.3, -0.25) is 0 Å². The summed E-state index contributed by atoms with van der Waals surface area (Å²) in [6.45, 7) is 0.169. The highest BCUT2D eigenvalue weighted by Crippen LogP contribution is 2.46. The first-order chi connectivity index (χ1) is 17.9. The van der Waals surface area contributed by atoms with Gasteiger partial charge in [0.15, 0.2) is 0 Å². The Kier molecular flexibility index (Phi) is 6.18. The number of nitrogens with one attached hydrogen (secondary N) is 1. The number of benzene rings is 2. The molecule has 3 aromatic rings. The topological polar surface area (TPSA) is 93.8 Å². The van der Waals surface area contributed by atoms with Crippen LogP contribution in [0.5, 0.6) is 5.75 Å². The molecule has 6 rings (SSSR count). The van der Waals surface area contributed by atoms with Gasteiger partial charge in [-0.2, -0.15) is 0 Å². The number of rotatable bonds is 6. The van der Waals surface area contributed by atoms with Crippen LogP contribution in [0, 0.1) is 5.82 Å². The van der Waals surface area contributed by atoms with Crippen LogP contribution in [0.2, 0.25) is 10.0 Å². The number of fused-ring (bicyclic) bond motifs is 1. The molecule has 3 aliphatic rings. The maximum Gasteiger partial charge on any atom is 0.335 e. The summed E-state index contributed by atoms with van der Waals surface area (Å²) >= 11 is 12.7. The first-order valence-electron chi connectivity index (χ1n) is 11.8. The molecule has 3 heterocycles. The van der Waals surface area contributed by atoms with Crippen LogP contribution in [-0.2, 0) is 17.8 Å². The van der Waals surface area contributed by atoms with Crippen LogP contribution < -0.4 is 10.1 Å². The van der Waals surface area contributed by atoms with E-state index in [1.807, 2.05) is 12.2 Å². The minimum atomic E-state index is -1.00. The van der Waals surface area contributed by atoms with Gasteiger partial charge in [-0.25, -0.2) is 9.18 Å². The van der Waals surface area contributed by atoms with E-state index in [4.69, 9.17) is 37.2 Å². The van der Waals surface area contributed by atoms with Crippen molar-refractivity contribution in [2.24, 2.45) is 0 Å². The lowest BCUT2D eigenvalue weighted by Gasteiger charge is -2.24. The standard InChI is InChI=1S/C27H21Cl2FN2O5/c28-18-10-16(30)11-19(29)24(18)25-17(26(37-32-25)14-2-3-14)12-35-23-8-7-21-20(31-23)6-5-13-1-4-15(27(33)34)9-22(13)36-21/h1,4,7-11,14,23,31H,2-3,5-6,12H2,(H,33,34). The van der Waals surface area contributed by atoms with Gasteiger partial charge in [0.25, 0.3) is 0 Å². The van der Waals surface area contributed by atoms with Crippen molar-refractivity contribution in [1.29, 1.82) is 0 Å². The number of halogens is 3. The van der Waals surface area contributed by atoms with Gasteiger partial charge in [0.1, 0.15) is 35.0 Å². The number of dihydropyridines is 1. The summed E-state index contributed by atoms with van der Waals surface area (Å²) in [5.74, 6) is 0.606. The number of ether oxygens (including phenoxy) is 2. The average molecular weight is 543 g/mol. The molecule has 0 radical (unpaired) electrons. The fraction of sp³-hybridized carbons (Fsp3) is 0.259. The van der Waals surface area contributed by atoms with Gasteiger partial charge >= 0.3 is 5.97 Å². The number of allylic oxidation sites excluding steroid dienone is 2. The summed E-state index contributed by atoms with van der Waals surface area (Å²) in [5.41, 5.74) is 3.56. The van der Waals surface area contributed by atoms with E-state index in [1.54, 1.807) is 18.2 Å². The third-order valence-electron chi connectivity index (χ3n) is 6.63. The first kappa shape index (κ1) is 24.0. The quantitative estimate of drug-likeness (QED) is 0.362. The number of nitrogens with zero attached hydrogens (tertiary/aromatic N) is 1. The van der Waals surface area contributed by atoms with Crippen molar-refractivity contribution in [3.8, 4) is 17.0 Å². The molecule has 1 aromatic heterocycles. The van der Waals surface area contributed by atoms with E-state index < -0.39 is 18.0 Å². The molecule has 7 nitrogen and oxygen atoms in total. The Morgan fingerprint density at radius 3 is 2.70 bits per heavy atom. The van der Waals surface area contributed by atoms with Gasteiger partial charge in [-0.1, -0.05) is 34.4 Å². The zero-order valence-electron chi connectivity index (χ0n) is 19.4. The van der Waals surface area contributed by atoms with Crippen LogP contribution in [0.15, 0.2) is 58.5 Å². The smallest absolute Gasteiger partial charge is 0.335 e. The van der Waals surface area contributed by atoms with Crippen LogP contribution in [0.4, 0.5) is 4.39 Å². The predicted molar refractivity (Wildman–Crippen MR) is 134 cm³/mol. The molecule has 2 aromatic carbocycles. The zero-order valence-corrected chi connectivity index (χ0v) is 20.9. The maximum atomic E-state index is 13.8. The highest BCUT2D eigenvalue weighted by atomic mass is 35.5. The van der Waals surface area contributed by atoms with Crippen LogP contribution >= 0.6 is 23.2 Å². The summed E-state index contributed by atoms with van der Waals surface area (Å²) in [6.07, 6.45) is 6.54. The van der Waals surface area contributed by atoms with Crippen LogP contribution in [0.1, 0.15) is 52.4 Å². The van der Waals surface area contributed by atoms with Gasteiger partial charge < -0.3 is 24.4 Å². The second kappa shape index (κ2) is 9.52. The van der Waals surface area contributed by atoms with E-state index in [2.05, 4.69) is 10.5 Å². The molecule has 0 spiro atoms. The van der Waals surface area contributed by atoms with Crippen molar-refractivity contribution < 1.29 is 28.3 Å².